The largest absolute Gasteiger partial charge is 0.454 e. The molecule has 13 heteroatoms. The second-order valence-electron chi connectivity index (χ2n) is 15.3. The summed E-state index contributed by atoms with van der Waals surface area (Å²) in [5, 5.41) is 11.4. The molecule has 310 valence electrons. The molecule has 6 nitrogen and oxygen atoms in total. The van der Waals surface area contributed by atoms with Crippen LogP contribution in [0.2, 0.25) is 10.0 Å². The second kappa shape index (κ2) is 18.4. The van der Waals surface area contributed by atoms with Gasteiger partial charge < -0.3 is 24.5 Å². The van der Waals surface area contributed by atoms with E-state index < -0.39 is 17.3 Å². The minimum Gasteiger partial charge on any atom is -0.454 e. The molecule has 0 aromatic heterocycles. The van der Waals surface area contributed by atoms with Crippen LogP contribution in [-0.4, -0.2) is 78.5 Å². The zero-order valence-electron chi connectivity index (χ0n) is 32.5. The number of likely N-dealkylation sites (N-methyl/N-ethyl adjacent to an activating group) is 1. The fourth-order valence-corrected chi connectivity index (χ4v) is 8.25. The Morgan fingerprint density at radius 3 is 2.02 bits per heavy atom. The number of aliphatic imine (C=N–C) groups is 1. The summed E-state index contributed by atoms with van der Waals surface area (Å²) in [4.78, 5) is 11.7. The van der Waals surface area contributed by atoms with Crippen molar-refractivity contribution in [3.8, 4) is 11.5 Å². The minimum atomic E-state index is -4.59. The number of amidine groups is 1. The fourth-order valence-electron chi connectivity index (χ4n) is 7.86. The highest BCUT2D eigenvalue weighted by molar-refractivity contribution is 6.31. The van der Waals surface area contributed by atoms with Crippen molar-refractivity contribution in [2.75, 3.05) is 52.9 Å². The van der Waals surface area contributed by atoms with Gasteiger partial charge in [-0.05, 0) is 123 Å². The van der Waals surface area contributed by atoms with Crippen molar-refractivity contribution in [3.63, 3.8) is 0 Å². The number of nitrogens with zero attached hydrogens (tertiary/aromatic N) is 4. The lowest BCUT2D eigenvalue weighted by molar-refractivity contribution is -0.137. The molecule has 1 N–H and O–H groups in total. The molecule has 0 unspecified atom stereocenters. The molecule has 3 heterocycles. The molecule has 8 rings (SSSR count). The van der Waals surface area contributed by atoms with Gasteiger partial charge in [0.2, 0.25) is 0 Å². The van der Waals surface area contributed by atoms with E-state index in [1.54, 1.807) is 24.3 Å². The molecular weight excluding hydrogens is 806 g/mol. The quantitative estimate of drug-likeness (QED) is 0.165. The summed E-state index contributed by atoms with van der Waals surface area (Å²) in [6.45, 7) is 5.77. The molecule has 0 radical (unpaired) electrons. The van der Waals surface area contributed by atoms with Gasteiger partial charge in [-0.1, -0.05) is 65.7 Å². The summed E-state index contributed by atoms with van der Waals surface area (Å²) < 4.78 is 72.8. The number of hydrogen-bond donors (Lipinski definition) is 1. The van der Waals surface area contributed by atoms with Gasteiger partial charge in [0.1, 0.15) is 28.9 Å². The monoisotopic (exact) mass is 850 g/mol. The van der Waals surface area contributed by atoms with Crippen molar-refractivity contribution in [1.82, 2.24) is 14.7 Å². The van der Waals surface area contributed by atoms with Crippen LogP contribution in [0.4, 0.5) is 27.6 Å². The average Bonchev–Trinajstić information content (AvgIpc) is 3.38. The van der Waals surface area contributed by atoms with E-state index in [-0.39, 0.29) is 28.1 Å². The van der Waals surface area contributed by atoms with Crippen LogP contribution >= 0.6 is 23.2 Å². The van der Waals surface area contributed by atoms with Crippen LogP contribution in [0.5, 0.6) is 11.5 Å². The first kappa shape index (κ1) is 42.6. The lowest BCUT2D eigenvalue weighted by Gasteiger charge is -2.39. The topological polar surface area (TPSA) is 51.5 Å². The van der Waals surface area contributed by atoms with Crippen LogP contribution < -0.4 is 4.74 Å². The van der Waals surface area contributed by atoms with Gasteiger partial charge >= 0.3 is 6.18 Å². The number of fused-ring (bicyclic) bond motifs is 2. The predicted octanol–water partition coefficient (Wildman–Crippen LogP) is 11.3. The van der Waals surface area contributed by atoms with Crippen LogP contribution in [0, 0.1) is 11.6 Å². The Balaban J connectivity index is 0.000000196. The number of hydrogen-bond acceptors (Lipinski definition) is 6. The van der Waals surface area contributed by atoms with E-state index >= 15 is 0 Å². The molecule has 3 aliphatic heterocycles. The van der Waals surface area contributed by atoms with Crippen molar-refractivity contribution < 1.29 is 31.8 Å². The summed E-state index contributed by atoms with van der Waals surface area (Å²) in [6.07, 6.45) is -2.41. The molecule has 0 aliphatic carbocycles. The highest BCUT2D eigenvalue weighted by Crippen LogP contribution is 2.41. The third-order valence-corrected chi connectivity index (χ3v) is 11.9. The van der Waals surface area contributed by atoms with Crippen LogP contribution in [0.3, 0.4) is 0 Å². The molecule has 3 aliphatic rings. The molecule has 2 saturated heterocycles. The summed E-state index contributed by atoms with van der Waals surface area (Å²) in [6, 6.07) is 29.8. The van der Waals surface area contributed by atoms with E-state index in [4.69, 9.17) is 32.9 Å². The minimum absolute atomic E-state index is 0.0252. The fraction of sp³-hybridized carbons (Fsp3) is 0.326. The van der Waals surface area contributed by atoms with Gasteiger partial charge in [0.15, 0.2) is 5.75 Å². The van der Waals surface area contributed by atoms with E-state index in [1.165, 1.54) is 36.4 Å². The Morgan fingerprint density at radius 2 is 1.39 bits per heavy atom. The number of para-hydroxylation sites is 2. The number of halogens is 7. The normalized spacial score (nSPS) is 16.9. The summed E-state index contributed by atoms with van der Waals surface area (Å²) in [7, 11) is 2.15. The highest BCUT2D eigenvalue weighted by Gasteiger charge is 2.38. The smallest absolute Gasteiger partial charge is 0.417 e. The highest BCUT2D eigenvalue weighted by atomic mass is 35.5. The second-order valence-corrected chi connectivity index (χ2v) is 16.1. The van der Waals surface area contributed by atoms with Gasteiger partial charge in [0, 0.05) is 50.2 Å². The van der Waals surface area contributed by atoms with Crippen LogP contribution in [0.25, 0.3) is 0 Å². The van der Waals surface area contributed by atoms with Gasteiger partial charge in [-0.15, -0.1) is 0 Å². The van der Waals surface area contributed by atoms with E-state index in [1.807, 2.05) is 42.5 Å². The molecule has 2 fully saturated rings. The van der Waals surface area contributed by atoms with Gasteiger partial charge in [-0.2, -0.15) is 13.2 Å². The maximum absolute atomic E-state index is 13.4. The first-order valence-electron chi connectivity index (χ1n) is 19.7. The summed E-state index contributed by atoms with van der Waals surface area (Å²) >= 11 is 12.0. The Hall–Kier alpha value is -4.52. The Morgan fingerprint density at radius 1 is 0.763 bits per heavy atom. The molecule has 0 saturated carbocycles. The third kappa shape index (κ3) is 10.4. The molecule has 5 aromatic rings. The van der Waals surface area contributed by atoms with E-state index in [2.05, 4.69) is 21.7 Å². The number of aliphatic hydroxyl groups is 1. The first-order valence-corrected chi connectivity index (χ1v) is 20.4. The van der Waals surface area contributed by atoms with Gasteiger partial charge in [-0.25, -0.2) is 13.8 Å². The maximum atomic E-state index is 13.4. The predicted molar refractivity (Wildman–Crippen MR) is 223 cm³/mol. The standard InChI is InChI=1S/C28H27ClF5NO.C18H18ClN3O/c29-26-12-7-21(18-25(26)28(32,33)34)27(36)13-16-35(17-14-27)15-1-2-24(19-3-8-22(30)9-4-19)20-5-10-23(31)11-6-20;1-21-8-10-22(11-9-21)18-14-12-13(19)6-7-16(14)23-17-5-3-2-4-15(17)20-18/h3-12,18,24,36H,1-2,13-17H2;2-7,12H,8-11H2,1H3. The Labute approximate surface area is 351 Å². The first-order chi connectivity index (χ1) is 28.3. The Bertz CT molecular complexity index is 2190. The molecule has 0 atom stereocenters. The number of piperazine rings is 1. The Kier molecular flexibility index (Phi) is 13.3. The number of likely N-dealkylation sites (tertiary alicyclic amines) is 1. The average molecular weight is 852 g/mol. The lowest BCUT2D eigenvalue weighted by atomic mass is 9.83. The number of piperidine rings is 1. The summed E-state index contributed by atoms with van der Waals surface area (Å²) in [5.41, 5.74) is 1.65. The number of benzene rings is 5. The summed E-state index contributed by atoms with van der Waals surface area (Å²) in [5.74, 6) is 1.86. The van der Waals surface area contributed by atoms with Crippen molar-refractivity contribution >= 4 is 34.7 Å². The van der Waals surface area contributed by atoms with Crippen LogP contribution in [0.15, 0.2) is 114 Å². The van der Waals surface area contributed by atoms with Crippen molar-refractivity contribution in [3.05, 3.63) is 159 Å². The zero-order chi connectivity index (χ0) is 41.7. The number of alkyl halides is 3. The maximum Gasteiger partial charge on any atom is 0.417 e. The molecule has 0 spiro atoms. The molecule has 5 aromatic carbocycles. The number of rotatable bonds is 7. The van der Waals surface area contributed by atoms with Gasteiger partial charge in [-0.3, -0.25) is 0 Å². The van der Waals surface area contributed by atoms with Crippen molar-refractivity contribution in [2.45, 2.75) is 43.4 Å². The van der Waals surface area contributed by atoms with Crippen LogP contribution in [0.1, 0.15) is 59.4 Å². The van der Waals surface area contributed by atoms with Crippen molar-refractivity contribution in [1.29, 1.82) is 0 Å². The van der Waals surface area contributed by atoms with Crippen molar-refractivity contribution in [2.24, 2.45) is 4.99 Å². The zero-order valence-corrected chi connectivity index (χ0v) is 34.0. The third-order valence-electron chi connectivity index (χ3n) is 11.3. The molecule has 59 heavy (non-hydrogen) atoms. The van der Waals surface area contributed by atoms with E-state index in [9.17, 15) is 27.1 Å². The molecule has 0 amide bonds. The van der Waals surface area contributed by atoms with Crippen LogP contribution in [-0.2, 0) is 11.8 Å². The van der Waals surface area contributed by atoms with E-state index in [0.717, 1.165) is 91.3 Å². The molecular formula is C46H45Cl2F5N4O2. The SMILES string of the molecule is CN1CCN(C2=Nc3ccccc3Oc3ccc(Cl)cc32)CC1.OC1(c2ccc(Cl)c(C(F)(F)F)c2)CCN(CCCC(c2ccc(F)cc2)c2ccc(F)cc2)CC1. The van der Waals surface area contributed by atoms with E-state index in [0.29, 0.717) is 31.0 Å². The van der Waals surface area contributed by atoms with Gasteiger partial charge in [0.25, 0.3) is 0 Å². The van der Waals surface area contributed by atoms with Gasteiger partial charge in [0.05, 0.1) is 21.8 Å². The molecule has 0 bridgehead atoms. The number of ether oxygens (including phenoxy) is 1. The lowest BCUT2D eigenvalue weighted by Crippen LogP contribution is -2.47.